The van der Waals surface area contributed by atoms with Crippen molar-refractivity contribution >= 4 is 15.9 Å². The summed E-state index contributed by atoms with van der Waals surface area (Å²) in [5.74, 6) is 1.82. The van der Waals surface area contributed by atoms with Gasteiger partial charge in [0, 0.05) is 17.2 Å². The number of hydrogen-bond donors (Lipinski definition) is 0. The number of halogens is 1. The van der Waals surface area contributed by atoms with Crippen LogP contribution in [0.1, 0.15) is 18.9 Å². The van der Waals surface area contributed by atoms with Gasteiger partial charge in [0.05, 0.1) is 0 Å². The molecule has 1 aromatic rings. The molecule has 0 spiro atoms. The third kappa shape index (κ3) is 2.31. The van der Waals surface area contributed by atoms with Crippen LogP contribution in [0, 0.1) is 11.8 Å². The van der Waals surface area contributed by atoms with Gasteiger partial charge in [0.25, 0.3) is 0 Å². The average Bonchev–Trinajstić information content (AvgIpc) is 2.84. The predicted molar refractivity (Wildman–Crippen MR) is 57.9 cm³/mol. The highest BCUT2D eigenvalue weighted by Gasteiger charge is 2.37. The van der Waals surface area contributed by atoms with Gasteiger partial charge in [-0.15, -0.1) is 0 Å². The Balaban J connectivity index is 1.91. The van der Waals surface area contributed by atoms with E-state index in [4.69, 9.17) is 0 Å². The zero-order valence-corrected chi connectivity index (χ0v) is 9.37. The Morgan fingerprint density at radius 1 is 1.54 bits per heavy atom. The maximum Gasteiger partial charge on any atom is 0.0270 e. The standard InChI is InChI=1S/C11H14BrN/c1-8-6-10(8)11(12)7-9-2-4-13-5-3-9/h2-5,8,10-11H,6-7H2,1H3. The van der Waals surface area contributed by atoms with E-state index in [-0.39, 0.29) is 0 Å². The molecule has 1 saturated carbocycles. The van der Waals surface area contributed by atoms with Crippen LogP contribution in [0.3, 0.4) is 0 Å². The van der Waals surface area contributed by atoms with Crippen molar-refractivity contribution in [2.24, 2.45) is 11.8 Å². The minimum Gasteiger partial charge on any atom is -0.265 e. The van der Waals surface area contributed by atoms with Crippen molar-refractivity contribution in [1.29, 1.82) is 0 Å². The molecule has 70 valence electrons. The number of aromatic nitrogens is 1. The smallest absolute Gasteiger partial charge is 0.0270 e. The summed E-state index contributed by atoms with van der Waals surface area (Å²) in [5, 5.41) is 0. The molecule has 1 aromatic heterocycles. The van der Waals surface area contributed by atoms with E-state index in [0.717, 1.165) is 18.3 Å². The highest BCUT2D eigenvalue weighted by molar-refractivity contribution is 9.09. The molecule has 2 heteroatoms. The molecule has 3 atom stereocenters. The summed E-state index contributed by atoms with van der Waals surface area (Å²) < 4.78 is 0. The lowest BCUT2D eigenvalue weighted by Crippen LogP contribution is -2.06. The van der Waals surface area contributed by atoms with Gasteiger partial charge in [-0.3, -0.25) is 4.98 Å². The summed E-state index contributed by atoms with van der Waals surface area (Å²) >= 11 is 3.76. The van der Waals surface area contributed by atoms with Crippen LogP contribution in [-0.4, -0.2) is 9.81 Å². The first kappa shape index (κ1) is 9.20. The molecular weight excluding hydrogens is 226 g/mol. The number of hydrogen-bond acceptors (Lipinski definition) is 1. The lowest BCUT2D eigenvalue weighted by Gasteiger charge is -2.07. The Morgan fingerprint density at radius 2 is 2.15 bits per heavy atom. The predicted octanol–water partition coefficient (Wildman–Crippen LogP) is 3.04. The van der Waals surface area contributed by atoms with Crippen molar-refractivity contribution < 1.29 is 0 Å². The minimum atomic E-state index is 0.657. The molecule has 0 saturated heterocycles. The van der Waals surface area contributed by atoms with Gasteiger partial charge in [0.2, 0.25) is 0 Å². The first-order valence-electron chi connectivity index (χ1n) is 4.80. The third-order valence-corrected chi connectivity index (χ3v) is 3.82. The quantitative estimate of drug-likeness (QED) is 0.740. The maximum atomic E-state index is 4.01. The van der Waals surface area contributed by atoms with E-state index in [9.17, 15) is 0 Å². The molecule has 1 heterocycles. The molecule has 1 aliphatic carbocycles. The molecule has 1 fully saturated rings. The van der Waals surface area contributed by atoms with Crippen molar-refractivity contribution in [2.45, 2.75) is 24.6 Å². The van der Waals surface area contributed by atoms with Gasteiger partial charge in [0.15, 0.2) is 0 Å². The number of nitrogens with zero attached hydrogens (tertiary/aromatic N) is 1. The largest absolute Gasteiger partial charge is 0.265 e. The van der Waals surface area contributed by atoms with Gasteiger partial charge in [-0.2, -0.15) is 0 Å². The number of pyridine rings is 1. The van der Waals surface area contributed by atoms with E-state index in [1.54, 1.807) is 0 Å². The van der Waals surface area contributed by atoms with E-state index in [1.165, 1.54) is 12.0 Å². The first-order valence-corrected chi connectivity index (χ1v) is 5.72. The summed E-state index contributed by atoms with van der Waals surface area (Å²) in [6, 6.07) is 4.20. The Labute approximate surface area is 87.7 Å². The van der Waals surface area contributed by atoms with Gasteiger partial charge in [0.1, 0.15) is 0 Å². The van der Waals surface area contributed by atoms with Crippen molar-refractivity contribution in [3.63, 3.8) is 0 Å². The molecule has 0 aliphatic heterocycles. The Bertz CT molecular complexity index is 273. The second kappa shape index (κ2) is 3.79. The molecule has 13 heavy (non-hydrogen) atoms. The second-order valence-electron chi connectivity index (χ2n) is 3.95. The summed E-state index contributed by atoms with van der Waals surface area (Å²) in [4.78, 5) is 4.67. The normalized spacial score (nSPS) is 28.5. The van der Waals surface area contributed by atoms with Crippen LogP contribution in [0.25, 0.3) is 0 Å². The minimum absolute atomic E-state index is 0.657. The topological polar surface area (TPSA) is 12.9 Å². The van der Waals surface area contributed by atoms with Crippen LogP contribution in [0.15, 0.2) is 24.5 Å². The van der Waals surface area contributed by atoms with Crippen LogP contribution in [0.5, 0.6) is 0 Å². The average molecular weight is 240 g/mol. The molecule has 0 amide bonds. The molecule has 0 N–H and O–H groups in total. The van der Waals surface area contributed by atoms with E-state index < -0.39 is 0 Å². The fourth-order valence-corrected chi connectivity index (χ4v) is 2.86. The summed E-state index contributed by atoms with van der Waals surface area (Å²) in [5.41, 5.74) is 1.39. The van der Waals surface area contributed by atoms with Crippen LogP contribution in [-0.2, 0) is 6.42 Å². The molecule has 0 bridgehead atoms. The van der Waals surface area contributed by atoms with Crippen LogP contribution < -0.4 is 0 Å². The summed E-state index contributed by atoms with van der Waals surface area (Å²) in [6.45, 7) is 2.32. The maximum absolute atomic E-state index is 4.01. The van der Waals surface area contributed by atoms with Gasteiger partial charge in [-0.1, -0.05) is 22.9 Å². The van der Waals surface area contributed by atoms with Crippen LogP contribution in [0.2, 0.25) is 0 Å². The lowest BCUT2D eigenvalue weighted by atomic mass is 10.1. The van der Waals surface area contributed by atoms with Gasteiger partial charge in [-0.05, 0) is 42.4 Å². The second-order valence-corrected chi connectivity index (χ2v) is 5.13. The number of rotatable bonds is 3. The SMILES string of the molecule is CC1CC1C(Br)Cc1ccncc1. The molecule has 0 aromatic carbocycles. The zero-order chi connectivity index (χ0) is 9.26. The lowest BCUT2D eigenvalue weighted by molar-refractivity contribution is 0.701. The zero-order valence-electron chi connectivity index (χ0n) is 7.78. The summed E-state index contributed by atoms with van der Waals surface area (Å²) in [6.07, 6.45) is 6.26. The molecule has 1 aliphatic rings. The van der Waals surface area contributed by atoms with E-state index in [0.29, 0.717) is 4.83 Å². The molecular formula is C11H14BrN. The molecule has 0 radical (unpaired) electrons. The van der Waals surface area contributed by atoms with Crippen molar-refractivity contribution in [1.82, 2.24) is 4.98 Å². The van der Waals surface area contributed by atoms with Crippen molar-refractivity contribution in [3.05, 3.63) is 30.1 Å². The van der Waals surface area contributed by atoms with Gasteiger partial charge in [-0.25, -0.2) is 0 Å². The van der Waals surface area contributed by atoms with Crippen LogP contribution in [0.4, 0.5) is 0 Å². The highest BCUT2D eigenvalue weighted by atomic mass is 79.9. The Kier molecular flexibility index (Phi) is 2.68. The Morgan fingerprint density at radius 3 is 2.69 bits per heavy atom. The highest BCUT2D eigenvalue weighted by Crippen LogP contribution is 2.44. The first-order chi connectivity index (χ1) is 6.27. The van der Waals surface area contributed by atoms with Crippen LogP contribution >= 0.6 is 15.9 Å². The summed E-state index contributed by atoms with van der Waals surface area (Å²) in [7, 11) is 0. The third-order valence-electron chi connectivity index (χ3n) is 2.82. The molecule has 1 nitrogen and oxygen atoms in total. The van der Waals surface area contributed by atoms with Crippen molar-refractivity contribution in [3.8, 4) is 0 Å². The van der Waals surface area contributed by atoms with E-state index >= 15 is 0 Å². The fraction of sp³-hybridized carbons (Fsp3) is 0.545. The monoisotopic (exact) mass is 239 g/mol. The number of alkyl halides is 1. The van der Waals surface area contributed by atoms with E-state index in [2.05, 4.69) is 40.0 Å². The molecule has 3 unspecified atom stereocenters. The van der Waals surface area contributed by atoms with Gasteiger partial charge < -0.3 is 0 Å². The van der Waals surface area contributed by atoms with Crippen molar-refractivity contribution in [2.75, 3.05) is 0 Å². The fourth-order valence-electron chi connectivity index (χ4n) is 1.75. The van der Waals surface area contributed by atoms with Gasteiger partial charge >= 0.3 is 0 Å². The Hall–Kier alpha value is -0.370. The van der Waals surface area contributed by atoms with E-state index in [1.807, 2.05) is 12.4 Å². The molecule has 2 rings (SSSR count).